The molecule has 6 nitrogen and oxygen atoms in total. The lowest BCUT2D eigenvalue weighted by molar-refractivity contribution is -0.0324. The number of hydrogen-bond donors (Lipinski definition) is 1. The number of likely N-dealkylation sites (tertiary alicyclic amines) is 1. The van der Waals surface area contributed by atoms with Gasteiger partial charge in [-0.15, -0.1) is 10.2 Å². The molecule has 6 heteroatoms. The lowest BCUT2D eigenvalue weighted by atomic mass is 9.89. The second kappa shape index (κ2) is 5.78. The molecule has 1 unspecified atom stereocenters. The molecule has 2 aromatic rings. The van der Waals surface area contributed by atoms with Gasteiger partial charge >= 0.3 is 0 Å². The zero-order chi connectivity index (χ0) is 14.8. The van der Waals surface area contributed by atoms with Crippen LogP contribution < -0.4 is 0 Å². The number of benzene rings is 1. The fourth-order valence-electron chi connectivity index (χ4n) is 3.88. The topological polar surface area (TPSA) is 66.9 Å². The molecule has 116 valence electrons. The Morgan fingerprint density at radius 3 is 2.95 bits per heavy atom. The Morgan fingerprint density at radius 1 is 1.23 bits per heavy atom. The maximum Gasteiger partial charge on any atom is 0.204 e. The summed E-state index contributed by atoms with van der Waals surface area (Å²) in [6, 6.07) is 8.35. The van der Waals surface area contributed by atoms with Gasteiger partial charge in [0.15, 0.2) is 0 Å². The summed E-state index contributed by atoms with van der Waals surface area (Å²) in [5.41, 5.74) is 2.56. The highest BCUT2D eigenvalue weighted by Gasteiger charge is 2.42. The maximum absolute atomic E-state index is 5.80. The molecule has 2 fully saturated rings. The van der Waals surface area contributed by atoms with Crippen LogP contribution in [0.25, 0.3) is 11.4 Å². The molecule has 4 rings (SSSR count). The third-order valence-electron chi connectivity index (χ3n) is 5.01. The van der Waals surface area contributed by atoms with Crippen molar-refractivity contribution in [1.82, 2.24) is 25.5 Å². The summed E-state index contributed by atoms with van der Waals surface area (Å²) in [6.45, 7) is 3.85. The van der Waals surface area contributed by atoms with Crippen LogP contribution in [0.5, 0.6) is 0 Å². The average Bonchev–Trinajstić information content (AvgIpc) is 3.21. The minimum atomic E-state index is 0.239. The molecule has 2 saturated heterocycles. The summed E-state index contributed by atoms with van der Waals surface area (Å²) in [5, 5.41) is 14.5. The molecule has 2 aliphatic rings. The molecule has 1 atom stereocenters. The highest BCUT2D eigenvalue weighted by Crippen LogP contribution is 2.38. The molecule has 0 bridgehead atoms. The van der Waals surface area contributed by atoms with Crippen LogP contribution in [0.4, 0.5) is 0 Å². The largest absolute Gasteiger partial charge is 0.380 e. The summed E-state index contributed by atoms with van der Waals surface area (Å²) in [6.07, 6.45) is 4.92. The van der Waals surface area contributed by atoms with Gasteiger partial charge in [-0.3, -0.25) is 4.90 Å². The van der Waals surface area contributed by atoms with Crippen LogP contribution in [0, 0.1) is 0 Å². The van der Waals surface area contributed by atoms with E-state index in [1.807, 2.05) is 6.07 Å². The molecule has 0 radical (unpaired) electrons. The predicted molar refractivity (Wildman–Crippen MR) is 82.0 cm³/mol. The number of aromatic amines is 1. The monoisotopic (exact) mass is 299 g/mol. The number of nitrogens with zero attached hydrogens (tertiary/aromatic N) is 4. The lowest BCUT2D eigenvalue weighted by Crippen LogP contribution is -2.49. The fourth-order valence-corrected chi connectivity index (χ4v) is 3.88. The van der Waals surface area contributed by atoms with Crippen molar-refractivity contribution < 1.29 is 4.74 Å². The highest BCUT2D eigenvalue weighted by atomic mass is 16.5. The van der Waals surface area contributed by atoms with E-state index in [4.69, 9.17) is 4.74 Å². The number of nitrogens with one attached hydrogen (secondary N) is 1. The summed E-state index contributed by atoms with van der Waals surface area (Å²) >= 11 is 0. The van der Waals surface area contributed by atoms with E-state index in [1.165, 1.54) is 31.2 Å². The molecule has 1 N–H and O–H groups in total. The van der Waals surface area contributed by atoms with E-state index in [0.29, 0.717) is 5.82 Å². The fraction of sp³-hybridized carbons (Fsp3) is 0.562. The standard InChI is InChI=1S/C16H21N5O/c1-2-6-14(15-17-19-20-18-15)13(5-1)11-21-9-3-7-16(21)8-4-10-22-12-16/h1-2,5-6H,3-4,7-12H2,(H,17,18,19,20). The third-order valence-corrected chi connectivity index (χ3v) is 5.01. The Kier molecular flexibility index (Phi) is 3.63. The zero-order valence-electron chi connectivity index (χ0n) is 12.7. The van der Waals surface area contributed by atoms with Gasteiger partial charge in [0, 0.05) is 24.3 Å². The summed E-state index contributed by atoms with van der Waals surface area (Å²) in [7, 11) is 0. The van der Waals surface area contributed by atoms with Gasteiger partial charge in [0.05, 0.1) is 6.61 Å². The van der Waals surface area contributed by atoms with Gasteiger partial charge in [0.1, 0.15) is 0 Å². The quantitative estimate of drug-likeness (QED) is 0.939. The van der Waals surface area contributed by atoms with Crippen LogP contribution >= 0.6 is 0 Å². The molecule has 2 aliphatic heterocycles. The Morgan fingerprint density at radius 2 is 2.14 bits per heavy atom. The van der Waals surface area contributed by atoms with Crippen molar-refractivity contribution in [2.24, 2.45) is 0 Å². The third kappa shape index (κ3) is 2.42. The zero-order valence-corrected chi connectivity index (χ0v) is 12.7. The molecule has 1 aromatic heterocycles. The van der Waals surface area contributed by atoms with Crippen LogP contribution in [0.3, 0.4) is 0 Å². The van der Waals surface area contributed by atoms with E-state index in [0.717, 1.165) is 31.9 Å². The first kappa shape index (κ1) is 13.8. The van der Waals surface area contributed by atoms with E-state index in [9.17, 15) is 0 Å². The molecule has 3 heterocycles. The van der Waals surface area contributed by atoms with E-state index in [-0.39, 0.29) is 5.54 Å². The van der Waals surface area contributed by atoms with Gasteiger partial charge in [0.25, 0.3) is 0 Å². The van der Waals surface area contributed by atoms with Crippen molar-refractivity contribution in [2.75, 3.05) is 19.8 Å². The summed E-state index contributed by atoms with van der Waals surface area (Å²) in [5.74, 6) is 0.670. The SMILES string of the molecule is c1ccc(-c2nn[nH]n2)c(CN2CCCC23CCCOC3)c1. The van der Waals surface area contributed by atoms with Crippen molar-refractivity contribution in [1.29, 1.82) is 0 Å². The maximum atomic E-state index is 5.80. The van der Waals surface area contributed by atoms with Gasteiger partial charge in [-0.25, -0.2) is 0 Å². The average molecular weight is 299 g/mol. The Bertz CT molecular complexity index is 621. The van der Waals surface area contributed by atoms with Crippen molar-refractivity contribution in [3.05, 3.63) is 29.8 Å². The van der Waals surface area contributed by atoms with Crippen molar-refractivity contribution in [2.45, 2.75) is 37.8 Å². The summed E-state index contributed by atoms with van der Waals surface area (Å²) in [4.78, 5) is 2.60. The van der Waals surface area contributed by atoms with Crippen molar-refractivity contribution >= 4 is 0 Å². The predicted octanol–water partition coefficient (Wildman–Crippen LogP) is 2.01. The minimum absolute atomic E-state index is 0.239. The molecule has 0 saturated carbocycles. The number of ether oxygens (including phenoxy) is 1. The first-order chi connectivity index (χ1) is 10.9. The second-order valence-electron chi connectivity index (χ2n) is 6.30. The Balaban J connectivity index is 1.61. The van der Waals surface area contributed by atoms with Crippen LogP contribution in [-0.2, 0) is 11.3 Å². The minimum Gasteiger partial charge on any atom is -0.380 e. The smallest absolute Gasteiger partial charge is 0.204 e. The van der Waals surface area contributed by atoms with E-state index in [1.54, 1.807) is 0 Å². The Hall–Kier alpha value is -1.79. The second-order valence-corrected chi connectivity index (χ2v) is 6.30. The molecular formula is C16H21N5O. The van der Waals surface area contributed by atoms with Gasteiger partial charge in [-0.1, -0.05) is 24.3 Å². The Labute approximate surface area is 129 Å². The number of aromatic nitrogens is 4. The van der Waals surface area contributed by atoms with Crippen LogP contribution in [0.15, 0.2) is 24.3 Å². The molecule has 0 aliphatic carbocycles. The molecular weight excluding hydrogens is 278 g/mol. The van der Waals surface area contributed by atoms with Gasteiger partial charge < -0.3 is 4.74 Å². The molecule has 1 spiro atoms. The molecule has 1 aromatic carbocycles. The normalized spacial score (nSPS) is 25.8. The van der Waals surface area contributed by atoms with Crippen LogP contribution in [0.1, 0.15) is 31.2 Å². The van der Waals surface area contributed by atoms with E-state index >= 15 is 0 Å². The molecule has 0 amide bonds. The lowest BCUT2D eigenvalue weighted by Gasteiger charge is -2.41. The first-order valence-corrected chi connectivity index (χ1v) is 8.02. The number of H-pyrrole nitrogens is 1. The number of rotatable bonds is 3. The first-order valence-electron chi connectivity index (χ1n) is 8.02. The van der Waals surface area contributed by atoms with Gasteiger partial charge in [0.2, 0.25) is 5.82 Å². The van der Waals surface area contributed by atoms with Crippen LogP contribution in [0.2, 0.25) is 0 Å². The van der Waals surface area contributed by atoms with Gasteiger partial charge in [-0.2, -0.15) is 5.21 Å². The van der Waals surface area contributed by atoms with Crippen molar-refractivity contribution in [3.8, 4) is 11.4 Å². The number of hydrogen-bond acceptors (Lipinski definition) is 5. The van der Waals surface area contributed by atoms with Gasteiger partial charge in [-0.05, 0) is 43.0 Å². The van der Waals surface area contributed by atoms with Crippen molar-refractivity contribution in [3.63, 3.8) is 0 Å². The van der Waals surface area contributed by atoms with E-state index < -0.39 is 0 Å². The van der Waals surface area contributed by atoms with E-state index in [2.05, 4.69) is 43.7 Å². The van der Waals surface area contributed by atoms with Crippen LogP contribution in [-0.4, -0.2) is 50.8 Å². The number of tetrazole rings is 1. The summed E-state index contributed by atoms with van der Waals surface area (Å²) < 4.78 is 5.80. The highest BCUT2D eigenvalue weighted by molar-refractivity contribution is 5.59. The molecule has 22 heavy (non-hydrogen) atoms.